The van der Waals surface area contributed by atoms with Gasteiger partial charge in [0.1, 0.15) is 0 Å². The van der Waals surface area contributed by atoms with Crippen molar-refractivity contribution in [2.75, 3.05) is 13.1 Å². The fraction of sp³-hybridized carbons (Fsp3) is 0.500. The van der Waals surface area contributed by atoms with E-state index in [0.717, 1.165) is 24.3 Å². The van der Waals surface area contributed by atoms with Gasteiger partial charge in [0.2, 0.25) is 11.8 Å². The number of rotatable bonds is 4. The molecule has 2 rings (SSSR count). The van der Waals surface area contributed by atoms with Crippen LogP contribution in [0.4, 0.5) is 0 Å². The van der Waals surface area contributed by atoms with Crippen molar-refractivity contribution in [3.05, 3.63) is 28.5 Å². The summed E-state index contributed by atoms with van der Waals surface area (Å²) in [5.41, 5.74) is 0. The minimum absolute atomic E-state index is 0.00885. The molecule has 5 heteroatoms. The van der Waals surface area contributed by atoms with Crippen molar-refractivity contribution in [1.82, 2.24) is 10.2 Å². The van der Waals surface area contributed by atoms with Crippen LogP contribution in [0.25, 0.3) is 6.08 Å². The lowest BCUT2D eigenvalue weighted by atomic mass is 9.96. The van der Waals surface area contributed by atoms with Crippen LogP contribution in [0.2, 0.25) is 0 Å². The van der Waals surface area contributed by atoms with Gasteiger partial charge in [-0.05, 0) is 44.2 Å². The van der Waals surface area contributed by atoms with Crippen LogP contribution in [0.3, 0.4) is 0 Å². The molecule has 1 aliphatic rings. The second kappa shape index (κ2) is 7.41. The first-order chi connectivity index (χ1) is 10.1. The highest BCUT2D eigenvalue weighted by Gasteiger charge is 2.27. The number of nitrogens with zero attached hydrogens (tertiary/aromatic N) is 1. The molecule has 0 radical (unpaired) electrons. The third-order valence-corrected chi connectivity index (χ3v) is 4.31. The van der Waals surface area contributed by atoms with Gasteiger partial charge in [-0.3, -0.25) is 9.59 Å². The summed E-state index contributed by atoms with van der Waals surface area (Å²) >= 11 is 1.60. The van der Waals surface area contributed by atoms with Gasteiger partial charge in [-0.15, -0.1) is 11.3 Å². The van der Waals surface area contributed by atoms with Crippen molar-refractivity contribution in [2.45, 2.75) is 32.7 Å². The van der Waals surface area contributed by atoms with Crippen molar-refractivity contribution >= 4 is 29.2 Å². The van der Waals surface area contributed by atoms with Crippen LogP contribution in [0.1, 0.15) is 31.6 Å². The van der Waals surface area contributed by atoms with Crippen LogP contribution in [-0.2, 0) is 9.59 Å². The highest BCUT2D eigenvalue weighted by molar-refractivity contribution is 7.10. The maximum Gasteiger partial charge on any atom is 0.246 e. The number of carbonyl (C=O) groups excluding carboxylic acids is 2. The summed E-state index contributed by atoms with van der Waals surface area (Å²) in [7, 11) is 0. The molecule has 1 unspecified atom stereocenters. The zero-order chi connectivity index (χ0) is 15.2. The fourth-order valence-electron chi connectivity index (χ4n) is 2.44. The SMILES string of the molecule is CC(C)NC(=O)C1CCCN(C(=O)/C=C/c2cccs2)C1. The Labute approximate surface area is 129 Å². The largest absolute Gasteiger partial charge is 0.354 e. The highest BCUT2D eigenvalue weighted by atomic mass is 32.1. The average molecular weight is 306 g/mol. The Morgan fingerprint density at radius 1 is 1.48 bits per heavy atom. The van der Waals surface area contributed by atoms with E-state index in [0.29, 0.717) is 6.54 Å². The number of hydrogen-bond acceptors (Lipinski definition) is 3. The predicted octanol–water partition coefficient (Wildman–Crippen LogP) is 2.52. The topological polar surface area (TPSA) is 49.4 Å². The molecule has 0 saturated carbocycles. The van der Waals surface area contributed by atoms with E-state index in [1.54, 1.807) is 22.3 Å². The third-order valence-electron chi connectivity index (χ3n) is 3.47. The van der Waals surface area contributed by atoms with E-state index in [4.69, 9.17) is 0 Å². The Morgan fingerprint density at radius 3 is 2.95 bits per heavy atom. The zero-order valence-electron chi connectivity index (χ0n) is 12.5. The Kier molecular flexibility index (Phi) is 5.56. The van der Waals surface area contributed by atoms with Crippen molar-refractivity contribution in [3.8, 4) is 0 Å². The van der Waals surface area contributed by atoms with Gasteiger partial charge in [0, 0.05) is 30.1 Å². The first-order valence-electron chi connectivity index (χ1n) is 7.37. The van der Waals surface area contributed by atoms with Gasteiger partial charge in [0.25, 0.3) is 0 Å². The third kappa shape index (κ3) is 4.70. The number of carbonyl (C=O) groups is 2. The minimum Gasteiger partial charge on any atom is -0.354 e. The summed E-state index contributed by atoms with van der Waals surface area (Å²) in [6, 6.07) is 4.08. The summed E-state index contributed by atoms with van der Waals surface area (Å²) in [6.07, 6.45) is 5.19. The van der Waals surface area contributed by atoms with Crippen LogP contribution in [-0.4, -0.2) is 35.8 Å². The molecule has 0 spiro atoms. The molecular formula is C16H22N2O2S. The quantitative estimate of drug-likeness (QED) is 0.869. The smallest absolute Gasteiger partial charge is 0.246 e. The lowest BCUT2D eigenvalue weighted by Crippen LogP contribution is -2.46. The van der Waals surface area contributed by atoms with E-state index in [-0.39, 0.29) is 23.8 Å². The first kappa shape index (κ1) is 15.8. The normalized spacial score (nSPS) is 19.2. The van der Waals surface area contributed by atoms with Crippen molar-refractivity contribution in [2.24, 2.45) is 5.92 Å². The second-order valence-corrected chi connectivity index (χ2v) is 6.61. The van der Waals surface area contributed by atoms with Crippen molar-refractivity contribution in [1.29, 1.82) is 0 Å². The van der Waals surface area contributed by atoms with Gasteiger partial charge < -0.3 is 10.2 Å². The Morgan fingerprint density at radius 2 is 2.29 bits per heavy atom. The summed E-state index contributed by atoms with van der Waals surface area (Å²) in [4.78, 5) is 27.1. The van der Waals surface area contributed by atoms with Crippen LogP contribution in [0.5, 0.6) is 0 Å². The van der Waals surface area contributed by atoms with E-state index >= 15 is 0 Å². The zero-order valence-corrected chi connectivity index (χ0v) is 13.4. The average Bonchev–Trinajstić information content (AvgIpc) is 2.97. The van der Waals surface area contributed by atoms with Crippen molar-refractivity contribution < 1.29 is 9.59 Å². The van der Waals surface area contributed by atoms with Crippen LogP contribution >= 0.6 is 11.3 Å². The molecule has 1 saturated heterocycles. The standard InChI is InChI=1S/C16H22N2O2S/c1-12(2)17-16(20)13-5-3-9-18(11-13)15(19)8-7-14-6-4-10-21-14/h4,6-8,10,12-13H,3,5,9,11H2,1-2H3,(H,17,20)/b8-7+. The summed E-state index contributed by atoms with van der Waals surface area (Å²) in [5.74, 6) is -0.0320. The summed E-state index contributed by atoms with van der Waals surface area (Å²) < 4.78 is 0. The molecule has 0 bridgehead atoms. The van der Waals surface area contributed by atoms with Gasteiger partial charge in [-0.1, -0.05) is 6.07 Å². The molecule has 4 nitrogen and oxygen atoms in total. The van der Waals surface area contributed by atoms with E-state index in [2.05, 4.69) is 5.32 Å². The number of nitrogens with one attached hydrogen (secondary N) is 1. The molecule has 1 aromatic rings. The van der Waals surface area contributed by atoms with Crippen LogP contribution < -0.4 is 5.32 Å². The predicted molar refractivity (Wildman–Crippen MR) is 85.9 cm³/mol. The molecule has 1 aliphatic heterocycles. The lowest BCUT2D eigenvalue weighted by molar-refractivity contribution is -0.132. The Hall–Kier alpha value is -1.62. The molecule has 0 aromatic carbocycles. The van der Waals surface area contributed by atoms with Crippen molar-refractivity contribution in [3.63, 3.8) is 0 Å². The molecule has 114 valence electrons. The van der Waals surface area contributed by atoms with E-state index in [1.807, 2.05) is 37.4 Å². The molecule has 1 aromatic heterocycles. The highest BCUT2D eigenvalue weighted by Crippen LogP contribution is 2.18. The van der Waals surface area contributed by atoms with Crippen LogP contribution in [0, 0.1) is 5.92 Å². The number of piperidine rings is 1. The molecule has 1 N–H and O–H groups in total. The van der Waals surface area contributed by atoms with Gasteiger partial charge in [0.15, 0.2) is 0 Å². The van der Waals surface area contributed by atoms with E-state index in [9.17, 15) is 9.59 Å². The molecule has 1 fully saturated rings. The van der Waals surface area contributed by atoms with Crippen LogP contribution in [0.15, 0.2) is 23.6 Å². The number of amides is 2. The Balaban J connectivity index is 1.91. The maximum absolute atomic E-state index is 12.2. The monoisotopic (exact) mass is 306 g/mol. The molecule has 1 atom stereocenters. The summed E-state index contributed by atoms with van der Waals surface area (Å²) in [5, 5.41) is 4.92. The van der Waals surface area contributed by atoms with Gasteiger partial charge >= 0.3 is 0 Å². The second-order valence-electron chi connectivity index (χ2n) is 5.64. The number of thiophene rings is 1. The molecule has 0 aliphatic carbocycles. The first-order valence-corrected chi connectivity index (χ1v) is 8.25. The van der Waals surface area contributed by atoms with Gasteiger partial charge in [-0.2, -0.15) is 0 Å². The fourth-order valence-corrected chi connectivity index (χ4v) is 3.06. The summed E-state index contributed by atoms with van der Waals surface area (Å²) in [6.45, 7) is 5.16. The minimum atomic E-state index is -0.0831. The molecule has 21 heavy (non-hydrogen) atoms. The molecular weight excluding hydrogens is 284 g/mol. The number of hydrogen-bond donors (Lipinski definition) is 1. The van der Waals surface area contributed by atoms with Gasteiger partial charge in [0.05, 0.1) is 5.92 Å². The van der Waals surface area contributed by atoms with Gasteiger partial charge in [-0.25, -0.2) is 0 Å². The van der Waals surface area contributed by atoms with E-state index in [1.165, 1.54) is 0 Å². The number of likely N-dealkylation sites (tertiary alicyclic amines) is 1. The molecule has 2 amide bonds. The lowest BCUT2D eigenvalue weighted by Gasteiger charge is -2.31. The maximum atomic E-state index is 12.2. The van der Waals surface area contributed by atoms with E-state index < -0.39 is 0 Å². The Bertz CT molecular complexity index is 508. The molecule has 2 heterocycles.